The first-order valence-corrected chi connectivity index (χ1v) is 3.76. The quantitative estimate of drug-likeness (QED) is 0.696. The van der Waals surface area contributed by atoms with Crippen LogP contribution < -0.4 is 0 Å². The number of rotatable bonds is 0. The Morgan fingerprint density at radius 2 is 1.85 bits per heavy atom. The van der Waals surface area contributed by atoms with Crippen LogP contribution in [0.5, 0.6) is 5.75 Å². The molecule has 0 spiro atoms. The number of aryl methyl sites for hydroxylation is 1. The van der Waals surface area contributed by atoms with Crippen molar-refractivity contribution in [2.24, 2.45) is 0 Å². The molecule has 0 saturated heterocycles. The predicted octanol–water partition coefficient (Wildman–Crippen LogP) is 3.37. The Hall–Kier alpha value is -0.900. The van der Waals surface area contributed by atoms with Gasteiger partial charge in [0.05, 0.1) is 10.6 Å². The molecule has 0 fully saturated rings. The molecule has 0 amide bonds. The van der Waals surface area contributed by atoms with Crippen molar-refractivity contribution in [3.63, 3.8) is 0 Å². The first-order valence-electron chi connectivity index (χ1n) is 3.38. The van der Waals surface area contributed by atoms with Crippen LogP contribution >= 0.6 is 11.6 Å². The third kappa shape index (κ3) is 2.06. The van der Waals surface area contributed by atoms with Crippen LogP contribution in [0, 0.1) is 6.92 Å². The molecule has 0 aliphatic carbocycles. The molecule has 0 radical (unpaired) electrons. The fourth-order valence-corrected chi connectivity index (χ4v) is 1.45. The third-order valence-corrected chi connectivity index (χ3v) is 1.85. The number of hydrogen-bond donors (Lipinski definition) is 1. The van der Waals surface area contributed by atoms with E-state index in [-0.39, 0.29) is 11.3 Å². The second-order valence-electron chi connectivity index (χ2n) is 2.62. The summed E-state index contributed by atoms with van der Waals surface area (Å²) in [5.41, 5.74) is -0.982. The summed E-state index contributed by atoms with van der Waals surface area (Å²) in [6.45, 7) is 1.24. The summed E-state index contributed by atoms with van der Waals surface area (Å²) in [6.07, 6.45) is -4.48. The molecular weight excluding hydrogens is 205 g/mol. The monoisotopic (exact) mass is 210 g/mol. The highest BCUT2D eigenvalue weighted by Crippen LogP contribution is 2.38. The lowest BCUT2D eigenvalue weighted by atomic mass is 10.1. The fourth-order valence-electron chi connectivity index (χ4n) is 1.08. The summed E-state index contributed by atoms with van der Waals surface area (Å²) in [5.74, 6) is -0.268. The molecule has 0 heterocycles. The normalized spacial score (nSPS) is 11.8. The van der Waals surface area contributed by atoms with Crippen LogP contribution in [0.25, 0.3) is 0 Å². The maximum atomic E-state index is 12.3. The molecule has 0 atom stereocenters. The lowest BCUT2D eigenvalue weighted by Gasteiger charge is -2.11. The van der Waals surface area contributed by atoms with E-state index in [4.69, 9.17) is 16.7 Å². The molecule has 1 aromatic rings. The van der Waals surface area contributed by atoms with Crippen LogP contribution in [-0.2, 0) is 6.18 Å². The Kier molecular flexibility index (Phi) is 2.43. The average molecular weight is 211 g/mol. The van der Waals surface area contributed by atoms with Gasteiger partial charge in [0.15, 0.2) is 0 Å². The molecule has 0 unspecified atom stereocenters. The maximum Gasteiger partial charge on any atom is 0.418 e. The summed E-state index contributed by atoms with van der Waals surface area (Å²) >= 11 is 5.34. The molecule has 1 aromatic carbocycles. The number of halogens is 4. The van der Waals surface area contributed by atoms with Crippen molar-refractivity contribution in [3.8, 4) is 5.75 Å². The lowest BCUT2D eigenvalue weighted by molar-refractivity contribution is -0.137. The van der Waals surface area contributed by atoms with Crippen LogP contribution in [0.1, 0.15) is 11.1 Å². The van der Waals surface area contributed by atoms with Gasteiger partial charge in [-0.25, -0.2) is 0 Å². The van der Waals surface area contributed by atoms with Gasteiger partial charge in [-0.2, -0.15) is 13.2 Å². The molecule has 0 saturated carbocycles. The summed E-state index contributed by atoms with van der Waals surface area (Å²) in [6, 6.07) is 1.89. The van der Waals surface area contributed by atoms with Crippen LogP contribution in [0.2, 0.25) is 5.02 Å². The Morgan fingerprint density at radius 1 is 1.31 bits per heavy atom. The summed E-state index contributed by atoms with van der Waals surface area (Å²) in [5, 5.41) is 8.45. The number of phenolic OH excluding ortho intramolecular Hbond substituents is 1. The van der Waals surface area contributed by atoms with Gasteiger partial charge < -0.3 is 5.11 Å². The number of hydrogen-bond acceptors (Lipinski definition) is 1. The highest BCUT2D eigenvalue weighted by molar-refractivity contribution is 6.31. The SMILES string of the molecule is Cc1cc(O)cc(Cl)c1C(F)(F)F. The molecule has 1 nitrogen and oxygen atoms in total. The maximum absolute atomic E-state index is 12.3. The highest BCUT2D eigenvalue weighted by atomic mass is 35.5. The zero-order valence-corrected chi connectivity index (χ0v) is 7.37. The van der Waals surface area contributed by atoms with E-state index in [1.54, 1.807) is 0 Å². The zero-order valence-electron chi connectivity index (χ0n) is 6.61. The number of aromatic hydroxyl groups is 1. The van der Waals surface area contributed by atoms with Crippen molar-refractivity contribution in [2.75, 3.05) is 0 Å². The Balaban J connectivity index is 3.38. The summed E-state index contributed by atoms with van der Waals surface area (Å²) in [4.78, 5) is 0. The topological polar surface area (TPSA) is 20.2 Å². The molecular formula is C8H6ClF3O. The smallest absolute Gasteiger partial charge is 0.418 e. The van der Waals surface area contributed by atoms with Crippen molar-refractivity contribution in [2.45, 2.75) is 13.1 Å². The predicted molar refractivity (Wildman–Crippen MR) is 42.9 cm³/mol. The average Bonchev–Trinajstić information content (AvgIpc) is 1.78. The largest absolute Gasteiger partial charge is 0.508 e. The van der Waals surface area contributed by atoms with Crippen LogP contribution in [0.15, 0.2) is 12.1 Å². The molecule has 1 N–H and O–H groups in total. The molecule has 0 bridgehead atoms. The minimum Gasteiger partial charge on any atom is -0.508 e. The third-order valence-electron chi connectivity index (χ3n) is 1.56. The van der Waals surface area contributed by atoms with E-state index in [0.29, 0.717) is 0 Å². The number of benzene rings is 1. The van der Waals surface area contributed by atoms with Gasteiger partial charge in [0.2, 0.25) is 0 Å². The Bertz CT molecular complexity index is 310. The van der Waals surface area contributed by atoms with E-state index in [9.17, 15) is 13.2 Å². The lowest BCUT2D eigenvalue weighted by Crippen LogP contribution is -2.08. The highest BCUT2D eigenvalue weighted by Gasteiger charge is 2.35. The number of alkyl halides is 3. The van der Waals surface area contributed by atoms with Crippen molar-refractivity contribution in [1.82, 2.24) is 0 Å². The van der Waals surface area contributed by atoms with E-state index in [2.05, 4.69) is 0 Å². The van der Waals surface area contributed by atoms with E-state index in [1.807, 2.05) is 0 Å². The Labute approximate surface area is 77.8 Å². The first kappa shape index (κ1) is 10.2. The van der Waals surface area contributed by atoms with Gasteiger partial charge >= 0.3 is 6.18 Å². The minimum atomic E-state index is -4.48. The molecule has 1 rings (SSSR count). The minimum absolute atomic E-state index is 0.0856. The van der Waals surface area contributed by atoms with Crippen molar-refractivity contribution in [3.05, 3.63) is 28.3 Å². The van der Waals surface area contributed by atoms with Crippen LogP contribution in [-0.4, -0.2) is 5.11 Å². The molecule has 72 valence electrons. The van der Waals surface area contributed by atoms with Crippen LogP contribution in [0.4, 0.5) is 13.2 Å². The van der Waals surface area contributed by atoms with E-state index in [0.717, 1.165) is 12.1 Å². The van der Waals surface area contributed by atoms with Gasteiger partial charge in [-0.15, -0.1) is 0 Å². The number of phenols is 1. The van der Waals surface area contributed by atoms with E-state index >= 15 is 0 Å². The fraction of sp³-hybridized carbons (Fsp3) is 0.250. The van der Waals surface area contributed by atoms with Crippen molar-refractivity contribution >= 4 is 11.6 Å². The molecule has 13 heavy (non-hydrogen) atoms. The molecule has 0 aliphatic heterocycles. The molecule has 0 aromatic heterocycles. The Morgan fingerprint density at radius 3 is 2.23 bits per heavy atom. The second-order valence-corrected chi connectivity index (χ2v) is 3.02. The van der Waals surface area contributed by atoms with Crippen LogP contribution in [0.3, 0.4) is 0 Å². The van der Waals surface area contributed by atoms with E-state index in [1.165, 1.54) is 6.92 Å². The van der Waals surface area contributed by atoms with Crippen molar-refractivity contribution < 1.29 is 18.3 Å². The van der Waals surface area contributed by atoms with Crippen molar-refractivity contribution in [1.29, 1.82) is 0 Å². The summed E-state index contributed by atoms with van der Waals surface area (Å²) in [7, 11) is 0. The second kappa shape index (κ2) is 3.10. The zero-order chi connectivity index (χ0) is 10.2. The first-order chi connectivity index (χ1) is 5.82. The van der Waals surface area contributed by atoms with E-state index < -0.39 is 16.8 Å². The standard InChI is InChI=1S/C8H6ClF3O/c1-4-2-5(13)3-6(9)7(4)8(10,11)12/h2-3,13H,1H3. The van der Waals surface area contributed by atoms with Gasteiger partial charge in [0.25, 0.3) is 0 Å². The van der Waals surface area contributed by atoms with Gasteiger partial charge in [0.1, 0.15) is 5.75 Å². The summed E-state index contributed by atoms with van der Waals surface area (Å²) < 4.78 is 36.8. The van der Waals surface area contributed by atoms with Gasteiger partial charge in [-0.05, 0) is 24.6 Å². The van der Waals surface area contributed by atoms with Gasteiger partial charge in [-0.1, -0.05) is 11.6 Å². The van der Waals surface area contributed by atoms with Gasteiger partial charge in [0, 0.05) is 0 Å². The van der Waals surface area contributed by atoms with Gasteiger partial charge in [-0.3, -0.25) is 0 Å². The molecule has 0 aliphatic rings. The molecule has 5 heteroatoms.